The minimum atomic E-state index is 0.371. The lowest BCUT2D eigenvalue weighted by Gasteiger charge is -2.29. The minimum Gasteiger partial charge on any atom is -0.490 e. The number of rotatable bonds is 4. The van der Waals surface area contributed by atoms with Gasteiger partial charge in [-0.1, -0.05) is 35.7 Å². The summed E-state index contributed by atoms with van der Waals surface area (Å²) in [6.45, 7) is 2.80. The van der Waals surface area contributed by atoms with E-state index in [-0.39, 0.29) is 0 Å². The number of nitrogens with two attached hydrogens (primary N) is 1. The quantitative estimate of drug-likeness (QED) is 0.902. The van der Waals surface area contributed by atoms with E-state index in [1.807, 2.05) is 12.1 Å². The van der Waals surface area contributed by atoms with Crippen LogP contribution in [0.15, 0.2) is 22.7 Å². The lowest BCUT2D eigenvalue weighted by molar-refractivity contribution is 0.121. The number of halogens is 1. The normalized spacial score (nSPS) is 23.9. The fourth-order valence-electron chi connectivity index (χ4n) is 2.72. The molecule has 2 unspecified atom stereocenters. The molecule has 1 aromatic rings. The molecule has 2 nitrogen and oxygen atoms in total. The second-order valence-electron chi connectivity index (χ2n) is 5.14. The van der Waals surface area contributed by atoms with Crippen LogP contribution in [0.3, 0.4) is 0 Å². The minimum absolute atomic E-state index is 0.371. The summed E-state index contributed by atoms with van der Waals surface area (Å²) in [4.78, 5) is 0. The van der Waals surface area contributed by atoms with E-state index in [9.17, 15) is 0 Å². The van der Waals surface area contributed by atoms with Crippen LogP contribution < -0.4 is 10.5 Å². The van der Waals surface area contributed by atoms with E-state index in [1.165, 1.54) is 32.1 Å². The van der Waals surface area contributed by atoms with Gasteiger partial charge in [0.15, 0.2) is 0 Å². The Kier molecular flexibility index (Phi) is 5.07. The molecule has 0 amide bonds. The van der Waals surface area contributed by atoms with Gasteiger partial charge in [-0.25, -0.2) is 0 Å². The van der Waals surface area contributed by atoms with Gasteiger partial charge in [0, 0.05) is 16.6 Å². The largest absolute Gasteiger partial charge is 0.490 e. The smallest absolute Gasteiger partial charge is 0.124 e. The van der Waals surface area contributed by atoms with Crippen molar-refractivity contribution in [1.29, 1.82) is 0 Å². The van der Waals surface area contributed by atoms with Crippen LogP contribution in [0.25, 0.3) is 0 Å². The third kappa shape index (κ3) is 3.48. The zero-order valence-corrected chi connectivity index (χ0v) is 12.6. The van der Waals surface area contributed by atoms with Crippen LogP contribution in [0.5, 0.6) is 5.75 Å². The molecule has 1 saturated carbocycles. The highest BCUT2D eigenvalue weighted by atomic mass is 79.9. The molecule has 2 N–H and O–H groups in total. The molecule has 1 fully saturated rings. The van der Waals surface area contributed by atoms with Crippen molar-refractivity contribution in [2.45, 2.75) is 51.7 Å². The van der Waals surface area contributed by atoms with Crippen molar-refractivity contribution in [2.75, 3.05) is 0 Å². The van der Waals surface area contributed by atoms with Crippen molar-refractivity contribution in [3.8, 4) is 5.75 Å². The van der Waals surface area contributed by atoms with Crippen molar-refractivity contribution in [3.05, 3.63) is 28.2 Å². The van der Waals surface area contributed by atoms with Crippen molar-refractivity contribution in [2.24, 2.45) is 11.7 Å². The molecule has 0 bridgehead atoms. The molecule has 0 aromatic heterocycles. The van der Waals surface area contributed by atoms with Crippen LogP contribution in [0.4, 0.5) is 0 Å². The molecule has 0 spiro atoms. The van der Waals surface area contributed by atoms with Crippen LogP contribution >= 0.6 is 15.9 Å². The molecule has 1 aliphatic rings. The SMILES string of the molecule is CCC1CCCC(Oc2ccc(Br)cc2CN)C1. The zero-order chi connectivity index (χ0) is 13.0. The molecule has 100 valence electrons. The maximum absolute atomic E-state index is 6.16. The molecule has 3 heteroatoms. The van der Waals surface area contributed by atoms with Gasteiger partial charge in [0.05, 0.1) is 6.10 Å². The first-order valence-electron chi connectivity index (χ1n) is 6.88. The second kappa shape index (κ2) is 6.58. The van der Waals surface area contributed by atoms with Crippen molar-refractivity contribution in [1.82, 2.24) is 0 Å². The molecular weight excluding hydrogens is 290 g/mol. The number of hydrogen-bond donors (Lipinski definition) is 1. The van der Waals surface area contributed by atoms with Gasteiger partial charge in [-0.15, -0.1) is 0 Å². The second-order valence-corrected chi connectivity index (χ2v) is 6.05. The summed E-state index contributed by atoms with van der Waals surface area (Å²) in [5, 5.41) is 0. The summed E-state index contributed by atoms with van der Waals surface area (Å²) in [6.07, 6.45) is 6.66. The van der Waals surface area contributed by atoms with Crippen molar-refractivity contribution >= 4 is 15.9 Å². The van der Waals surface area contributed by atoms with E-state index < -0.39 is 0 Å². The van der Waals surface area contributed by atoms with Crippen LogP contribution in [-0.2, 0) is 6.54 Å². The Morgan fingerprint density at radius 3 is 2.94 bits per heavy atom. The van der Waals surface area contributed by atoms with Crippen LogP contribution in [0.2, 0.25) is 0 Å². The average molecular weight is 312 g/mol. The standard InChI is InChI=1S/C15H22BrNO/c1-2-11-4-3-5-14(8-11)18-15-7-6-13(16)9-12(15)10-17/h6-7,9,11,14H,2-5,8,10,17H2,1H3. The molecular formula is C15H22BrNO. The number of ether oxygens (including phenoxy) is 1. The third-order valence-corrected chi connectivity index (χ3v) is 4.34. The first kappa shape index (κ1) is 13.9. The van der Waals surface area contributed by atoms with Gasteiger partial charge in [-0.2, -0.15) is 0 Å². The summed E-state index contributed by atoms with van der Waals surface area (Å²) in [5.74, 6) is 1.79. The Morgan fingerprint density at radius 2 is 2.22 bits per heavy atom. The Labute approximate surface area is 118 Å². The predicted molar refractivity (Wildman–Crippen MR) is 78.7 cm³/mol. The molecule has 1 aromatic carbocycles. The Hall–Kier alpha value is -0.540. The molecule has 1 aliphatic carbocycles. The molecule has 2 rings (SSSR count). The van der Waals surface area contributed by atoms with Crippen molar-refractivity contribution < 1.29 is 4.74 Å². The molecule has 18 heavy (non-hydrogen) atoms. The number of hydrogen-bond acceptors (Lipinski definition) is 2. The van der Waals surface area contributed by atoms with Crippen LogP contribution in [0.1, 0.15) is 44.6 Å². The topological polar surface area (TPSA) is 35.2 Å². The first-order valence-corrected chi connectivity index (χ1v) is 7.67. The van der Waals surface area contributed by atoms with Gasteiger partial charge in [-0.3, -0.25) is 0 Å². The van der Waals surface area contributed by atoms with E-state index in [4.69, 9.17) is 10.5 Å². The van der Waals surface area contributed by atoms with Crippen LogP contribution in [-0.4, -0.2) is 6.10 Å². The molecule has 0 aliphatic heterocycles. The van der Waals surface area contributed by atoms with Gasteiger partial charge in [0.1, 0.15) is 5.75 Å². The third-order valence-electron chi connectivity index (χ3n) is 3.85. The summed E-state index contributed by atoms with van der Waals surface area (Å²) < 4.78 is 7.22. The summed E-state index contributed by atoms with van der Waals surface area (Å²) >= 11 is 3.47. The maximum Gasteiger partial charge on any atom is 0.124 e. The predicted octanol–water partition coefficient (Wildman–Crippen LogP) is 4.26. The molecule has 2 atom stereocenters. The monoisotopic (exact) mass is 311 g/mol. The van der Waals surface area contributed by atoms with Gasteiger partial charge in [-0.05, 0) is 43.4 Å². The Balaban J connectivity index is 2.04. The Bertz CT molecular complexity index is 394. The van der Waals surface area contributed by atoms with Gasteiger partial charge < -0.3 is 10.5 Å². The van der Waals surface area contributed by atoms with E-state index in [0.29, 0.717) is 12.6 Å². The summed E-state index contributed by atoms with van der Waals surface area (Å²) in [6, 6.07) is 6.10. The highest BCUT2D eigenvalue weighted by molar-refractivity contribution is 9.10. The average Bonchev–Trinajstić information content (AvgIpc) is 2.41. The molecule has 0 saturated heterocycles. The van der Waals surface area contributed by atoms with Gasteiger partial charge in [0.2, 0.25) is 0 Å². The Morgan fingerprint density at radius 1 is 1.39 bits per heavy atom. The van der Waals surface area contributed by atoms with E-state index in [1.54, 1.807) is 0 Å². The molecule has 0 heterocycles. The highest BCUT2D eigenvalue weighted by Crippen LogP contribution is 2.31. The van der Waals surface area contributed by atoms with E-state index >= 15 is 0 Å². The zero-order valence-electron chi connectivity index (χ0n) is 11.0. The maximum atomic E-state index is 6.16. The fourth-order valence-corrected chi connectivity index (χ4v) is 3.13. The van der Waals surface area contributed by atoms with Crippen LogP contribution in [0, 0.1) is 5.92 Å². The number of benzene rings is 1. The lowest BCUT2D eigenvalue weighted by Crippen LogP contribution is -2.25. The van der Waals surface area contributed by atoms with Crippen molar-refractivity contribution in [3.63, 3.8) is 0 Å². The lowest BCUT2D eigenvalue weighted by atomic mass is 9.85. The van der Waals surface area contributed by atoms with Gasteiger partial charge >= 0.3 is 0 Å². The highest BCUT2D eigenvalue weighted by Gasteiger charge is 2.22. The fraction of sp³-hybridized carbons (Fsp3) is 0.600. The van der Waals surface area contributed by atoms with Gasteiger partial charge in [0.25, 0.3) is 0 Å². The molecule has 0 radical (unpaired) electrons. The summed E-state index contributed by atoms with van der Waals surface area (Å²) in [5.41, 5.74) is 6.86. The van der Waals surface area contributed by atoms with E-state index in [0.717, 1.165) is 21.7 Å². The first-order chi connectivity index (χ1) is 8.72. The summed E-state index contributed by atoms with van der Waals surface area (Å²) in [7, 11) is 0. The van der Waals surface area contributed by atoms with E-state index in [2.05, 4.69) is 28.9 Å².